The zero-order valence-corrected chi connectivity index (χ0v) is 16.8. The number of hydrogen-bond acceptors (Lipinski definition) is 4. The van der Waals surface area contributed by atoms with Crippen molar-refractivity contribution in [3.8, 4) is 0 Å². The Kier molecular flexibility index (Phi) is 6.08. The van der Waals surface area contributed by atoms with Crippen LogP contribution < -0.4 is 4.72 Å². The summed E-state index contributed by atoms with van der Waals surface area (Å²) in [6.07, 6.45) is 1.51. The largest absolute Gasteiger partial charge is 0.349 e. The van der Waals surface area contributed by atoms with E-state index in [4.69, 9.17) is 0 Å². The summed E-state index contributed by atoms with van der Waals surface area (Å²) >= 11 is 0. The fourth-order valence-electron chi connectivity index (χ4n) is 3.25. The molecule has 1 saturated heterocycles. The average molecular weight is 381 g/mol. The van der Waals surface area contributed by atoms with E-state index in [1.165, 1.54) is 13.1 Å². The summed E-state index contributed by atoms with van der Waals surface area (Å²) in [5, 5.41) is 0. The second-order valence-electron chi connectivity index (χ2n) is 6.95. The van der Waals surface area contributed by atoms with Gasteiger partial charge in [0.2, 0.25) is 15.9 Å². The van der Waals surface area contributed by atoms with Crippen LogP contribution >= 0.6 is 0 Å². The molecule has 1 aliphatic rings. The minimum atomic E-state index is -3.66. The summed E-state index contributed by atoms with van der Waals surface area (Å²) in [6.45, 7) is 4.43. The van der Waals surface area contributed by atoms with Crippen LogP contribution in [0.25, 0.3) is 0 Å². The van der Waals surface area contributed by atoms with Crippen molar-refractivity contribution in [2.24, 2.45) is 5.92 Å². The molecule has 1 aromatic rings. The molecule has 26 heavy (non-hydrogen) atoms. The van der Waals surface area contributed by atoms with Crippen molar-refractivity contribution in [3.05, 3.63) is 28.8 Å². The number of rotatable bonds is 4. The molecule has 1 heterocycles. The van der Waals surface area contributed by atoms with Crippen LogP contribution in [0.3, 0.4) is 0 Å². The number of piperidine rings is 1. The van der Waals surface area contributed by atoms with Gasteiger partial charge in [-0.05, 0) is 57.0 Å². The standard InChI is InChI=1S/C18H27N3O4S/c1-12-9-15(10-16(13(12)2)26(24,25)19-3)18(23)21-8-6-7-14(11-21)17(22)20(4)5/h9-10,14,19H,6-8,11H2,1-5H3. The maximum absolute atomic E-state index is 13.0. The van der Waals surface area contributed by atoms with Crippen molar-refractivity contribution in [1.29, 1.82) is 0 Å². The predicted molar refractivity (Wildman–Crippen MR) is 99.5 cm³/mol. The summed E-state index contributed by atoms with van der Waals surface area (Å²) in [4.78, 5) is 28.5. The number of aryl methyl sites for hydroxylation is 1. The number of benzene rings is 1. The molecule has 0 saturated carbocycles. The van der Waals surface area contributed by atoms with Crippen LogP contribution in [0.5, 0.6) is 0 Å². The van der Waals surface area contributed by atoms with Crippen LogP contribution in [0.2, 0.25) is 0 Å². The number of likely N-dealkylation sites (tertiary alicyclic amines) is 1. The van der Waals surface area contributed by atoms with Crippen molar-refractivity contribution in [2.45, 2.75) is 31.6 Å². The second kappa shape index (κ2) is 7.75. The molecule has 0 radical (unpaired) electrons. The minimum Gasteiger partial charge on any atom is -0.349 e. The third-order valence-corrected chi connectivity index (χ3v) is 6.46. The molecule has 144 valence electrons. The number of amides is 2. The summed E-state index contributed by atoms with van der Waals surface area (Å²) in [5.74, 6) is -0.437. The van der Waals surface area contributed by atoms with Gasteiger partial charge in [-0.3, -0.25) is 9.59 Å². The quantitative estimate of drug-likeness (QED) is 0.848. The number of sulfonamides is 1. The lowest BCUT2D eigenvalue weighted by molar-refractivity contribution is -0.134. The Morgan fingerprint density at radius 3 is 2.46 bits per heavy atom. The third-order valence-electron chi connectivity index (χ3n) is 4.92. The fraction of sp³-hybridized carbons (Fsp3) is 0.556. The summed E-state index contributed by atoms with van der Waals surface area (Å²) in [7, 11) is 1.11. The predicted octanol–water partition coefficient (Wildman–Crippen LogP) is 1.15. The van der Waals surface area contributed by atoms with Crippen LogP contribution in [0.15, 0.2) is 17.0 Å². The molecule has 7 nitrogen and oxygen atoms in total. The molecule has 0 spiro atoms. The topological polar surface area (TPSA) is 86.8 Å². The summed E-state index contributed by atoms with van der Waals surface area (Å²) < 4.78 is 26.8. The van der Waals surface area contributed by atoms with Gasteiger partial charge in [-0.15, -0.1) is 0 Å². The van der Waals surface area contributed by atoms with Crippen molar-refractivity contribution in [2.75, 3.05) is 34.2 Å². The molecular formula is C18H27N3O4S. The van der Waals surface area contributed by atoms with E-state index in [-0.39, 0.29) is 22.6 Å². The average Bonchev–Trinajstić information content (AvgIpc) is 2.62. The Bertz CT molecular complexity index is 818. The van der Waals surface area contributed by atoms with E-state index in [0.29, 0.717) is 24.2 Å². The highest BCUT2D eigenvalue weighted by atomic mass is 32.2. The van der Waals surface area contributed by atoms with E-state index in [9.17, 15) is 18.0 Å². The van der Waals surface area contributed by atoms with E-state index < -0.39 is 10.0 Å². The number of hydrogen-bond donors (Lipinski definition) is 1. The lowest BCUT2D eigenvalue weighted by Crippen LogP contribution is -2.45. The zero-order valence-electron chi connectivity index (χ0n) is 16.0. The smallest absolute Gasteiger partial charge is 0.253 e. The van der Waals surface area contributed by atoms with Gasteiger partial charge in [0.1, 0.15) is 0 Å². The van der Waals surface area contributed by atoms with Gasteiger partial charge in [0.15, 0.2) is 0 Å². The Balaban J connectivity index is 2.34. The number of nitrogens with zero attached hydrogens (tertiary/aromatic N) is 2. The molecule has 1 fully saturated rings. The van der Waals surface area contributed by atoms with Crippen molar-refractivity contribution >= 4 is 21.8 Å². The van der Waals surface area contributed by atoms with Gasteiger partial charge < -0.3 is 9.80 Å². The van der Waals surface area contributed by atoms with E-state index >= 15 is 0 Å². The molecule has 1 N–H and O–H groups in total. The molecule has 1 aliphatic heterocycles. The van der Waals surface area contributed by atoms with Gasteiger partial charge in [0, 0.05) is 32.7 Å². The number of nitrogens with one attached hydrogen (secondary N) is 1. The van der Waals surface area contributed by atoms with Crippen LogP contribution in [0, 0.1) is 19.8 Å². The van der Waals surface area contributed by atoms with Crippen molar-refractivity contribution < 1.29 is 18.0 Å². The molecule has 0 aliphatic carbocycles. The van der Waals surface area contributed by atoms with E-state index in [1.54, 1.807) is 43.8 Å². The Morgan fingerprint density at radius 1 is 1.23 bits per heavy atom. The Hall–Kier alpha value is -1.93. The second-order valence-corrected chi connectivity index (χ2v) is 8.80. The van der Waals surface area contributed by atoms with Gasteiger partial charge in [-0.2, -0.15) is 0 Å². The van der Waals surface area contributed by atoms with Gasteiger partial charge >= 0.3 is 0 Å². The molecule has 2 amide bonds. The monoisotopic (exact) mass is 381 g/mol. The molecule has 0 bridgehead atoms. The van der Waals surface area contributed by atoms with Crippen LogP contribution in [0.4, 0.5) is 0 Å². The van der Waals surface area contributed by atoms with Gasteiger partial charge in [-0.1, -0.05) is 0 Å². The lowest BCUT2D eigenvalue weighted by atomic mass is 9.95. The lowest BCUT2D eigenvalue weighted by Gasteiger charge is -2.33. The zero-order chi connectivity index (χ0) is 19.6. The van der Waals surface area contributed by atoms with Crippen molar-refractivity contribution in [3.63, 3.8) is 0 Å². The molecule has 1 unspecified atom stereocenters. The van der Waals surface area contributed by atoms with Crippen molar-refractivity contribution in [1.82, 2.24) is 14.5 Å². The molecular weight excluding hydrogens is 354 g/mol. The normalized spacial score (nSPS) is 17.9. The summed E-state index contributed by atoms with van der Waals surface area (Å²) in [6, 6.07) is 3.14. The van der Waals surface area contributed by atoms with E-state index in [2.05, 4.69) is 4.72 Å². The highest BCUT2D eigenvalue weighted by Crippen LogP contribution is 2.24. The molecule has 2 rings (SSSR count). The van der Waals surface area contributed by atoms with Gasteiger partial charge in [0.05, 0.1) is 10.8 Å². The first-order chi connectivity index (χ1) is 12.1. The summed E-state index contributed by atoms with van der Waals surface area (Å²) in [5.41, 5.74) is 1.69. The van der Waals surface area contributed by atoms with Gasteiger partial charge in [0.25, 0.3) is 5.91 Å². The van der Waals surface area contributed by atoms with E-state index in [1.807, 2.05) is 0 Å². The maximum atomic E-state index is 13.0. The SMILES string of the molecule is CNS(=O)(=O)c1cc(C(=O)N2CCCC(C(=O)N(C)C)C2)cc(C)c1C. The first-order valence-corrected chi connectivity index (χ1v) is 10.1. The molecule has 0 aromatic heterocycles. The highest BCUT2D eigenvalue weighted by molar-refractivity contribution is 7.89. The molecule has 1 aromatic carbocycles. The molecule has 8 heteroatoms. The Morgan fingerprint density at radius 2 is 1.88 bits per heavy atom. The first-order valence-electron chi connectivity index (χ1n) is 8.63. The number of carbonyl (C=O) groups is 2. The van der Waals surface area contributed by atoms with Crippen LogP contribution in [-0.2, 0) is 14.8 Å². The maximum Gasteiger partial charge on any atom is 0.253 e. The first kappa shape index (κ1) is 20.4. The highest BCUT2D eigenvalue weighted by Gasteiger charge is 2.30. The van der Waals surface area contributed by atoms with Gasteiger partial charge in [-0.25, -0.2) is 13.1 Å². The third kappa shape index (κ3) is 4.07. The fourth-order valence-corrected chi connectivity index (χ4v) is 4.32. The van der Waals surface area contributed by atoms with Crippen LogP contribution in [-0.4, -0.2) is 64.3 Å². The minimum absolute atomic E-state index is 0.0148. The van der Waals surface area contributed by atoms with Crippen LogP contribution in [0.1, 0.15) is 34.3 Å². The number of carbonyl (C=O) groups excluding carboxylic acids is 2. The Labute approximate surface area is 155 Å². The van der Waals surface area contributed by atoms with E-state index in [0.717, 1.165) is 18.4 Å². The molecule has 1 atom stereocenters.